The van der Waals surface area contributed by atoms with Crippen LogP contribution < -0.4 is 5.32 Å². The summed E-state index contributed by atoms with van der Waals surface area (Å²) in [5.74, 6) is -1.65. The molecule has 0 saturated heterocycles. The van der Waals surface area contributed by atoms with Crippen LogP contribution in [0.1, 0.15) is 19.3 Å². The zero-order chi connectivity index (χ0) is 12.4. The van der Waals surface area contributed by atoms with Gasteiger partial charge in [0.05, 0.1) is 11.8 Å². The third-order valence-corrected chi connectivity index (χ3v) is 3.13. The highest BCUT2D eigenvalue weighted by molar-refractivity contribution is 5.94. The highest BCUT2D eigenvalue weighted by Gasteiger charge is 2.37. The van der Waals surface area contributed by atoms with Crippen LogP contribution >= 0.6 is 0 Å². The molecule has 1 amide bonds. The molecule has 0 spiro atoms. The van der Waals surface area contributed by atoms with Crippen molar-refractivity contribution in [1.82, 2.24) is 9.78 Å². The lowest BCUT2D eigenvalue weighted by molar-refractivity contribution is -0.145. The Balaban J connectivity index is 2.02. The molecule has 1 fully saturated rings. The number of hydrogen-bond donors (Lipinski definition) is 2. The third-order valence-electron chi connectivity index (χ3n) is 3.13. The van der Waals surface area contributed by atoms with Crippen LogP contribution in [0.5, 0.6) is 0 Å². The SMILES string of the molecule is Cn1ccc(NC(=O)C2CCCC2C(=O)O)n1. The first-order valence-electron chi connectivity index (χ1n) is 5.61. The summed E-state index contributed by atoms with van der Waals surface area (Å²) in [5.41, 5.74) is 0. The van der Waals surface area contributed by atoms with Gasteiger partial charge in [-0.1, -0.05) is 6.42 Å². The minimum absolute atomic E-state index is 0.242. The molecule has 1 heterocycles. The molecule has 1 aliphatic carbocycles. The molecule has 0 aromatic carbocycles. The minimum atomic E-state index is -0.885. The van der Waals surface area contributed by atoms with Gasteiger partial charge in [-0.15, -0.1) is 0 Å². The van der Waals surface area contributed by atoms with Crippen molar-refractivity contribution < 1.29 is 14.7 Å². The first-order valence-corrected chi connectivity index (χ1v) is 5.61. The Hall–Kier alpha value is -1.85. The Morgan fingerprint density at radius 3 is 2.76 bits per heavy atom. The number of nitrogens with one attached hydrogen (secondary N) is 1. The molecule has 2 unspecified atom stereocenters. The van der Waals surface area contributed by atoms with E-state index in [2.05, 4.69) is 10.4 Å². The fraction of sp³-hybridized carbons (Fsp3) is 0.545. The van der Waals surface area contributed by atoms with Gasteiger partial charge in [0.1, 0.15) is 0 Å². The number of carboxylic acid groups (broad SMARTS) is 1. The largest absolute Gasteiger partial charge is 0.481 e. The van der Waals surface area contributed by atoms with Crippen LogP contribution in [-0.4, -0.2) is 26.8 Å². The molecule has 1 aromatic heterocycles. The standard InChI is InChI=1S/C11H15N3O3/c1-14-6-5-9(13-14)12-10(15)7-3-2-4-8(7)11(16)17/h5-8H,2-4H2,1H3,(H,16,17)(H,12,13,15). The summed E-state index contributed by atoms with van der Waals surface area (Å²) in [6.45, 7) is 0. The normalized spacial score (nSPS) is 23.6. The number of carboxylic acids is 1. The van der Waals surface area contributed by atoms with Crippen molar-refractivity contribution in [3.63, 3.8) is 0 Å². The minimum Gasteiger partial charge on any atom is -0.481 e. The molecular weight excluding hydrogens is 222 g/mol. The van der Waals surface area contributed by atoms with Gasteiger partial charge >= 0.3 is 5.97 Å². The average Bonchev–Trinajstić information content (AvgIpc) is 2.86. The van der Waals surface area contributed by atoms with E-state index in [0.29, 0.717) is 18.7 Å². The maximum absolute atomic E-state index is 11.9. The molecule has 0 bridgehead atoms. The Morgan fingerprint density at radius 2 is 2.18 bits per heavy atom. The van der Waals surface area contributed by atoms with Crippen LogP contribution in [0.25, 0.3) is 0 Å². The fourth-order valence-corrected chi connectivity index (χ4v) is 2.27. The van der Waals surface area contributed by atoms with E-state index in [-0.39, 0.29) is 5.91 Å². The quantitative estimate of drug-likeness (QED) is 0.816. The zero-order valence-electron chi connectivity index (χ0n) is 9.59. The number of aryl methyl sites for hydroxylation is 1. The topological polar surface area (TPSA) is 84.2 Å². The smallest absolute Gasteiger partial charge is 0.307 e. The summed E-state index contributed by atoms with van der Waals surface area (Å²) >= 11 is 0. The number of rotatable bonds is 3. The molecule has 2 rings (SSSR count). The van der Waals surface area contributed by atoms with Crippen molar-refractivity contribution in [2.24, 2.45) is 18.9 Å². The van der Waals surface area contributed by atoms with E-state index in [1.165, 1.54) is 0 Å². The monoisotopic (exact) mass is 237 g/mol. The van der Waals surface area contributed by atoms with E-state index >= 15 is 0 Å². The molecule has 6 nitrogen and oxygen atoms in total. The highest BCUT2D eigenvalue weighted by atomic mass is 16.4. The number of amides is 1. The van der Waals surface area contributed by atoms with Crippen LogP contribution in [0, 0.1) is 11.8 Å². The van der Waals surface area contributed by atoms with Gasteiger partial charge in [0.15, 0.2) is 5.82 Å². The van der Waals surface area contributed by atoms with Crippen molar-refractivity contribution in [2.45, 2.75) is 19.3 Å². The number of aromatic nitrogens is 2. The van der Waals surface area contributed by atoms with Gasteiger partial charge < -0.3 is 10.4 Å². The maximum Gasteiger partial charge on any atom is 0.307 e. The molecular formula is C11H15N3O3. The molecule has 2 atom stereocenters. The van der Waals surface area contributed by atoms with Crippen LogP contribution in [0.15, 0.2) is 12.3 Å². The lowest BCUT2D eigenvalue weighted by Gasteiger charge is -2.14. The summed E-state index contributed by atoms with van der Waals surface area (Å²) < 4.78 is 1.58. The van der Waals surface area contributed by atoms with Crippen LogP contribution in [0.2, 0.25) is 0 Å². The maximum atomic E-state index is 11.9. The molecule has 92 valence electrons. The highest BCUT2D eigenvalue weighted by Crippen LogP contribution is 2.32. The Labute approximate surface area is 98.6 Å². The van der Waals surface area contributed by atoms with Crippen molar-refractivity contribution >= 4 is 17.7 Å². The molecule has 17 heavy (non-hydrogen) atoms. The molecule has 0 aliphatic heterocycles. The van der Waals surface area contributed by atoms with Gasteiger partial charge in [0, 0.05) is 19.3 Å². The molecule has 0 radical (unpaired) electrons. The summed E-state index contributed by atoms with van der Waals surface area (Å²) in [5, 5.41) is 15.7. The predicted molar refractivity (Wildman–Crippen MR) is 60.3 cm³/mol. The van der Waals surface area contributed by atoms with E-state index in [4.69, 9.17) is 5.11 Å². The summed E-state index contributed by atoms with van der Waals surface area (Å²) in [4.78, 5) is 22.9. The van der Waals surface area contributed by atoms with Gasteiger partial charge in [-0.05, 0) is 12.8 Å². The number of anilines is 1. The lowest BCUT2D eigenvalue weighted by Crippen LogP contribution is -2.30. The van der Waals surface area contributed by atoms with Crippen molar-refractivity contribution in [3.8, 4) is 0 Å². The summed E-state index contributed by atoms with van der Waals surface area (Å²) in [6, 6.07) is 1.68. The van der Waals surface area contributed by atoms with Gasteiger partial charge in [0.25, 0.3) is 0 Å². The van der Waals surface area contributed by atoms with E-state index in [1.54, 1.807) is 24.0 Å². The van der Waals surface area contributed by atoms with Gasteiger partial charge in [-0.2, -0.15) is 5.10 Å². The van der Waals surface area contributed by atoms with Crippen molar-refractivity contribution in [1.29, 1.82) is 0 Å². The van der Waals surface area contributed by atoms with Gasteiger partial charge in [-0.3, -0.25) is 14.3 Å². The second kappa shape index (κ2) is 4.57. The summed E-state index contributed by atoms with van der Waals surface area (Å²) in [7, 11) is 1.76. The predicted octanol–water partition coefficient (Wildman–Crippen LogP) is 0.859. The van der Waals surface area contributed by atoms with E-state index in [1.807, 2.05) is 0 Å². The Kier molecular flexibility index (Phi) is 3.12. The second-order valence-corrected chi connectivity index (χ2v) is 4.35. The molecule has 2 N–H and O–H groups in total. The molecule has 6 heteroatoms. The number of nitrogens with zero attached hydrogens (tertiary/aromatic N) is 2. The summed E-state index contributed by atoms with van der Waals surface area (Å²) in [6.07, 6.45) is 3.72. The lowest BCUT2D eigenvalue weighted by atomic mass is 9.95. The van der Waals surface area contributed by atoms with E-state index in [0.717, 1.165) is 6.42 Å². The molecule has 1 saturated carbocycles. The average molecular weight is 237 g/mol. The second-order valence-electron chi connectivity index (χ2n) is 4.35. The van der Waals surface area contributed by atoms with Crippen LogP contribution in [-0.2, 0) is 16.6 Å². The third kappa shape index (κ3) is 2.46. The van der Waals surface area contributed by atoms with Gasteiger partial charge in [0.2, 0.25) is 5.91 Å². The van der Waals surface area contributed by atoms with Gasteiger partial charge in [-0.25, -0.2) is 0 Å². The Bertz CT molecular complexity index is 441. The first-order chi connectivity index (χ1) is 8.08. The fourth-order valence-electron chi connectivity index (χ4n) is 2.27. The molecule has 1 aliphatic rings. The van der Waals surface area contributed by atoms with Crippen molar-refractivity contribution in [3.05, 3.63) is 12.3 Å². The van der Waals surface area contributed by atoms with Crippen LogP contribution in [0.3, 0.4) is 0 Å². The number of carbonyl (C=O) groups is 2. The number of aliphatic carboxylic acids is 1. The van der Waals surface area contributed by atoms with Crippen molar-refractivity contribution in [2.75, 3.05) is 5.32 Å². The zero-order valence-corrected chi connectivity index (χ0v) is 9.59. The number of carbonyl (C=O) groups excluding carboxylic acids is 1. The van der Waals surface area contributed by atoms with E-state index < -0.39 is 17.8 Å². The van der Waals surface area contributed by atoms with E-state index in [9.17, 15) is 9.59 Å². The Morgan fingerprint density at radius 1 is 1.47 bits per heavy atom. The first kappa shape index (κ1) is 11.6. The molecule has 1 aromatic rings. The number of hydrogen-bond acceptors (Lipinski definition) is 3. The van der Waals surface area contributed by atoms with Crippen LogP contribution in [0.4, 0.5) is 5.82 Å².